The van der Waals surface area contributed by atoms with Crippen molar-refractivity contribution < 1.29 is 19.4 Å². The molecule has 1 saturated carbocycles. The second-order valence-electron chi connectivity index (χ2n) is 5.19. The Bertz CT molecular complexity index is 554. The Morgan fingerprint density at radius 2 is 2.32 bits per heavy atom. The van der Waals surface area contributed by atoms with Gasteiger partial charge in [-0.15, -0.1) is 0 Å². The number of hydrogen-bond acceptors (Lipinski definition) is 3. The van der Waals surface area contributed by atoms with E-state index in [2.05, 4.69) is 0 Å². The fourth-order valence-corrected chi connectivity index (χ4v) is 2.52. The molecule has 0 bridgehead atoms. The Hall–Kier alpha value is -2.04. The summed E-state index contributed by atoms with van der Waals surface area (Å²) in [5.74, 6) is -0.0535. The molecule has 2 aliphatic rings. The highest BCUT2D eigenvalue weighted by Gasteiger charge is 2.42. The first-order valence-corrected chi connectivity index (χ1v) is 6.31. The van der Waals surface area contributed by atoms with Gasteiger partial charge < -0.3 is 14.7 Å². The molecule has 100 valence electrons. The van der Waals surface area contributed by atoms with E-state index < -0.39 is 5.97 Å². The molecule has 1 amide bonds. The van der Waals surface area contributed by atoms with Gasteiger partial charge in [0.1, 0.15) is 5.75 Å². The molecule has 3 rings (SSSR count). The lowest BCUT2D eigenvalue weighted by molar-refractivity contribution is -0.138. The molecule has 0 spiro atoms. The van der Waals surface area contributed by atoms with E-state index >= 15 is 0 Å². The zero-order chi connectivity index (χ0) is 13.6. The van der Waals surface area contributed by atoms with Gasteiger partial charge in [-0.3, -0.25) is 9.59 Å². The third-order valence-electron chi connectivity index (χ3n) is 3.85. The van der Waals surface area contributed by atoms with Crippen LogP contribution < -0.4 is 9.64 Å². The summed E-state index contributed by atoms with van der Waals surface area (Å²) < 4.78 is 5.36. The smallest absolute Gasteiger partial charge is 0.306 e. The number of ether oxygens (including phenoxy) is 1. The van der Waals surface area contributed by atoms with Crippen LogP contribution in [0.1, 0.15) is 12.0 Å². The zero-order valence-corrected chi connectivity index (χ0v) is 10.6. The van der Waals surface area contributed by atoms with Crippen molar-refractivity contribution in [2.24, 2.45) is 11.8 Å². The third kappa shape index (κ3) is 2.16. The van der Waals surface area contributed by atoms with E-state index in [1.165, 1.54) is 0 Å². The van der Waals surface area contributed by atoms with Crippen molar-refractivity contribution in [3.05, 3.63) is 23.8 Å². The van der Waals surface area contributed by atoms with Gasteiger partial charge in [-0.1, -0.05) is 6.07 Å². The summed E-state index contributed by atoms with van der Waals surface area (Å²) in [5, 5.41) is 8.90. The second-order valence-corrected chi connectivity index (χ2v) is 5.19. The molecule has 5 nitrogen and oxygen atoms in total. The number of hydrogen-bond donors (Lipinski definition) is 1. The molecule has 5 heteroatoms. The van der Waals surface area contributed by atoms with Crippen molar-refractivity contribution >= 4 is 17.6 Å². The molecule has 1 aliphatic carbocycles. The molecule has 1 fully saturated rings. The van der Waals surface area contributed by atoms with Crippen LogP contribution in [0.4, 0.5) is 5.69 Å². The molecular weight excluding hydrogens is 246 g/mol. The maximum atomic E-state index is 11.6. The number of carboxylic acid groups (broad SMARTS) is 1. The Balaban J connectivity index is 1.78. The highest BCUT2D eigenvalue weighted by atomic mass is 16.5. The van der Waals surface area contributed by atoms with Crippen LogP contribution >= 0.6 is 0 Å². The fraction of sp³-hybridized carbons (Fsp3) is 0.429. The molecule has 2 unspecified atom stereocenters. The van der Waals surface area contributed by atoms with Gasteiger partial charge in [-0.05, 0) is 36.5 Å². The SMILES string of the molecule is CN1C(=O)COc2ccc(CC3CC3C(=O)O)cc21. The molecule has 1 aromatic rings. The number of aliphatic carboxylic acids is 1. The number of fused-ring (bicyclic) bond motifs is 1. The van der Waals surface area contributed by atoms with Crippen LogP contribution in [0.2, 0.25) is 0 Å². The average Bonchev–Trinajstić information content (AvgIpc) is 3.14. The molecule has 1 aromatic carbocycles. The lowest BCUT2D eigenvalue weighted by Crippen LogP contribution is -2.35. The predicted octanol–water partition coefficient (Wildman–Crippen LogP) is 1.30. The maximum absolute atomic E-state index is 11.6. The van der Waals surface area contributed by atoms with Crippen molar-refractivity contribution in [1.82, 2.24) is 0 Å². The Labute approximate surface area is 110 Å². The van der Waals surface area contributed by atoms with E-state index in [1.54, 1.807) is 11.9 Å². The standard InChI is InChI=1S/C14H15NO4/c1-15-11-5-8(4-9-6-10(9)14(17)18)2-3-12(11)19-7-13(15)16/h2-3,5,9-10H,4,6-7H2,1H3,(H,17,18). The number of benzene rings is 1. The van der Waals surface area contributed by atoms with Crippen LogP contribution in [0, 0.1) is 11.8 Å². The van der Waals surface area contributed by atoms with Crippen molar-refractivity contribution in [1.29, 1.82) is 0 Å². The lowest BCUT2D eigenvalue weighted by Gasteiger charge is -2.26. The van der Waals surface area contributed by atoms with E-state index in [1.807, 2.05) is 18.2 Å². The molecule has 1 N–H and O–H groups in total. The number of likely N-dealkylation sites (N-methyl/N-ethyl adjacent to an activating group) is 1. The molecule has 2 atom stereocenters. The van der Waals surface area contributed by atoms with E-state index in [-0.39, 0.29) is 24.3 Å². The van der Waals surface area contributed by atoms with Crippen LogP contribution in [0.25, 0.3) is 0 Å². The molecule has 19 heavy (non-hydrogen) atoms. The van der Waals surface area contributed by atoms with Gasteiger partial charge in [0.05, 0.1) is 11.6 Å². The van der Waals surface area contributed by atoms with Gasteiger partial charge in [-0.2, -0.15) is 0 Å². The Morgan fingerprint density at radius 1 is 1.53 bits per heavy atom. The van der Waals surface area contributed by atoms with E-state index in [0.717, 1.165) is 24.1 Å². The number of anilines is 1. The van der Waals surface area contributed by atoms with E-state index in [4.69, 9.17) is 9.84 Å². The quantitative estimate of drug-likeness (QED) is 0.890. The van der Waals surface area contributed by atoms with Gasteiger partial charge >= 0.3 is 5.97 Å². The number of rotatable bonds is 3. The van der Waals surface area contributed by atoms with Gasteiger partial charge in [0.25, 0.3) is 5.91 Å². The minimum absolute atomic E-state index is 0.0699. The number of nitrogens with zero attached hydrogens (tertiary/aromatic N) is 1. The van der Waals surface area contributed by atoms with Crippen molar-refractivity contribution in [3.63, 3.8) is 0 Å². The lowest BCUT2D eigenvalue weighted by atomic mass is 10.1. The topological polar surface area (TPSA) is 66.8 Å². The minimum atomic E-state index is -0.710. The van der Waals surface area contributed by atoms with Gasteiger partial charge in [-0.25, -0.2) is 0 Å². The first-order valence-electron chi connectivity index (χ1n) is 6.31. The maximum Gasteiger partial charge on any atom is 0.306 e. The first-order chi connectivity index (χ1) is 9.06. The van der Waals surface area contributed by atoms with E-state index in [0.29, 0.717) is 5.75 Å². The van der Waals surface area contributed by atoms with Crippen LogP contribution in [-0.2, 0) is 16.0 Å². The predicted molar refractivity (Wildman–Crippen MR) is 68.3 cm³/mol. The highest BCUT2D eigenvalue weighted by Crippen LogP contribution is 2.42. The monoisotopic (exact) mass is 261 g/mol. The number of carboxylic acids is 1. The molecule has 1 aliphatic heterocycles. The van der Waals surface area contributed by atoms with Crippen LogP contribution in [0.15, 0.2) is 18.2 Å². The van der Waals surface area contributed by atoms with Gasteiger partial charge in [0.2, 0.25) is 0 Å². The number of carbonyl (C=O) groups excluding carboxylic acids is 1. The molecule has 0 aromatic heterocycles. The summed E-state index contributed by atoms with van der Waals surface area (Å²) in [6, 6.07) is 5.72. The summed E-state index contributed by atoms with van der Waals surface area (Å²) in [6.45, 7) is 0.0760. The first kappa shape index (κ1) is 12.0. The normalized spacial score (nSPS) is 24.7. The van der Waals surface area contributed by atoms with Crippen molar-refractivity contribution in [3.8, 4) is 5.75 Å². The fourth-order valence-electron chi connectivity index (χ4n) is 2.52. The van der Waals surface area contributed by atoms with Crippen molar-refractivity contribution in [2.45, 2.75) is 12.8 Å². The minimum Gasteiger partial charge on any atom is -0.482 e. The van der Waals surface area contributed by atoms with Crippen molar-refractivity contribution in [2.75, 3.05) is 18.6 Å². The summed E-state index contributed by atoms with van der Waals surface area (Å²) in [6.07, 6.45) is 1.49. The highest BCUT2D eigenvalue weighted by molar-refractivity contribution is 5.97. The second kappa shape index (κ2) is 4.26. The molecule has 1 heterocycles. The summed E-state index contributed by atoms with van der Waals surface area (Å²) >= 11 is 0. The Kier molecular flexibility index (Phi) is 2.69. The summed E-state index contributed by atoms with van der Waals surface area (Å²) in [5.41, 5.74) is 1.82. The number of amides is 1. The molecule has 0 radical (unpaired) electrons. The summed E-state index contributed by atoms with van der Waals surface area (Å²) in [7, 11) is 1.73. The van der Waals surface area contributed by atoms with Crippen LogP contribution in [0.5, 0.6) is 5.75 Å². The third-order valence-corrected chi connectivity index (χ3v) is 3.85. The van der Waals surface area contributed by atoms with E-state index in [9.17, 15) is 9.59 Å². The molecule has 0 saturated heterocycles. The number of carbonyl (C=O) groups is 2. The van der Waals surface area contributed by atoms with Crippen LogP contribution in [0.3, 0.4) is 0 Å². The van der Waals surface area contributed by atoms with Gasteiger partial charge in [0.15, 0.2) is 6.61 Å². The zero-order valence-electron chi connectivity index (χ0n) is 10.6. The average molecular weight is 261 g/mol. The Morgan fingerprint density at radius 3 is 3.00 bits per heavy atom. The van der Waals surface area contributed by atoms with Crippen LogP contribution in [-0.4, -0.2) is 30.6 Å². The summed E-state index contributed by atoms with van der Waals surface area (Å²) in [4.78, 5) is 24.0. The molecular formula is C14H15NO4. The van der Waals surface area contributed by atoms with Gasteiger partial charge in [0, 0.05) is 7.05 Å². The largest absolute Gasteiger partial charge is 0.482 e.